The highest BCUT2D eigenvalue weighted by atomic mass is 32.2. The van der Waals surface area contributed by atoms with Crippen LogP contribution in [-0.4, -0.2) is 47.7 Å². The van der Waals surface area contributed by atoms with Gasteiger partial charge in [0.15, 0.2) is 0 Å². The Balaban J connectivity index is 2.28. The maximum atomic E-state index is 12.0. The van der Waals surface area contributed by atoms with Crippen LogP contribution >= 0.6 is 11.8 Å². The van der Waals surface area contributed by atoms with Crippen molar-refractivity contribution in [2.75, 3.05) is 25.2 Å². The number of thioether (sulfide) groups is 1. The van der Waals surface area contributed by atoms with Crippen LogP contribution in [0, 0.1) is 0 Å². The van der Waals surface area contributed by atoms with E-state index in [1.807, 2.05) is 11.0 Å². The smallest absolute Gasteiger partial charge is 0.305 e. The van der Waals surface area contributed by atoms with Gasteiger partial charge in [-0.1, -0.05) is 25.8 Å². The van der Waals surface area contributed by atoms with E-state index in [-0.39, 0.29) is 17.7 Å². The quantitative estimate of drug-likeness (QED) is 0.366. The summed E-state index contributed by atoms with van der Waals surface area (Å²) in [5.41, 5.74) is 1.00. The Bertz CT molecular complexity index is 476. The Morgan fingerprint density at radius 1 is 1.16 bits per heavy atom. The third-order valence-corrected chi connectivity index (χ3v) is 5.27. The number of nitrogens with zero attached hydrogens (tertiary/aromatic N) is 1. The maximum absolute atomic E-state index is 12.0. The van der Waals surface area contributed by atoms with Crippen molar-refractivity contribution in [3.05, 3.63) is 11.8 Å². The number of carbonyl (C=O) groups is 3. The van der Waals surface area contributed by atoms with E-state index >= 15 is 0 Å². The number of ketones is 1. The number of ether oxygens (including phenoxy) is 1. The lowest BCUT2D eigenvalue weighted by Gasteiger charge is -2.18. The number of hydrogen-bond acceptors (Lipinski definition) is 5. The molecule has 1 amide bonds. The molecule has 0 atom stereocenters. The van der Waals surface area contributed by atoms with Gasteiger partial charge in [0.1, 0.15) is 5.78 Å². The molecular formula is C19H31NO4S. The van der Waals surface area contributed by atoms with Crippen molar-refractivity contribution in [2.24, 2.45) is 0 Å². The Morgan fingerprint density at radius 2 is 1.96 bits per heavy atom. The van der Waals surface area contributed by atoms with E-state index in [0.29, 0.717) is 32.2 Å². The largest absolute Gasteiger partial charge is 0.469 e. The predicted octanol–water partition coefficient (Wildman–Crippen LogP) is 3.72. The fourth-order valence-corrected chi connectivity index (χ4v) is 3.59. The molecule has 0 radical (unpaired) electrons. The first-order valence-corrected chi connectivity index (χ1v) is 10.4. The Kier molecular flexibility index (Phi) is 11.3. The summed E-state index contributed by atoms with van der Waals surface area (Å²) in [4.78, 5) is 36.8. The zero-order valence-electron chi connectivity index (χ0n) is 15.6. The van der Waals surface area contributed by atoms with Crippen molar-refractivity contribution < 1.29 is 19.1 Å². The number of likely N-dealkylation sites (tertiary alicyclic amines) is 1. The molecule has 1 heterocycles. The molecule has 1 aliphatic rings. The number of hydrogen-bond donors (Lipinski definition) is 0. The second-order valence-corrected chi connectivity index (χ2v) is 7.46. The summed E-state index contributed by atoms with van der Waals surface area (Å²) in [6.07, 6.45) is 8.73. The van der Waals surface area contributed by atoms with E-state index in [1.165, 1.54) is 7.11 Å². The van der Waals surface area contributed by atoms with Crippen LogP contribution < -0.4 is 0 Å². The zero-order valence-corrected chi connectivity index (χ0v) is 16.4. The van der Waals surface area contributed by atoms with Gasteiger partial charge in [-0.3, -0.25) is 14.4 Å². The molecule has 0 unspecified atom stereocenters. The zero-order chi connectivity index (χ0) is 18.5. The number of allylic oxidation sites excluding steroid dienone is 2. The van der Waals surface area contributed by atoms with Gasteiger partial charge in [-0.25, -0.2) is 0 Å². The summed E-state index contributed by atoms with van der Waals surface area (Å²) in [5.74, 6) is 1.96. The van der Waals surface area contributed by atoms with Gasteiger partial charge in [0.25, 0.3) is 0 Å². The molecule has 5 nitrogen and oxygen atoms in total. The summed E-state index contributed by atoms with van der Waals surface area (Å²) < 4.78 is 4.61. The van der Waals surface area contributed by atoms with Crippen LogP contribution in [0.15, 0.2) is 11.8 Å². The van der Waals surface area contributed by atoms with Gasteiger partial charge in [0.2, 0.25) is 5.91 Å². The van der Waals surface area contributed by atoms with Gasteiger partial charge in [-0.15, -0.1) is 0 Å². The van der Waals surface area contributed by atoms with Crippen LogP contribution in [0.3, 0.4) is 0 Å². The molecule has 1 aliphatic heterocycles. The minimum absolute atomic E-state index is 0.153. The number of amides is 1. The van der Waals surface area contributed by atoms with Crippen LogP contribution in [0.5, 0.6) is 0 Å². The van der Waals surface area contributed by atoms with Crippen LogP contribution in [0.4, 0.5) is 0 Å². The molecule has 0 N–H and O–H groups in total. The molecule has 0 aromatic carbocycles. The molecule has 1 saturated heterocycles. The first-order chi connectivity index (χ1) is 12.1. The number of rotatable bonds is 13. The van der Waals surface area contributed by atoms with Crippen LogP contribution in [0.25, 0.3) is 0 Å². The Labute approximate surface area is 155 Å². The van der Waals surface area contributed by atoms with Gasteiger partial charge >= 0.3 is 5.97 Å². The molecule has 142 valence electrons. The molecule has 0 saturated carbocycles. The van der Waals surface area contributed by atoms with Crippen molar-refractivity contribution in [1.82, 2.24) is 4.90 Å². The van der Waals surface area contributed by atoms with Crippen molar-refractivity contribution >= 4 is 29.4 Å². The van der Waals surface area contributed by atoms with Gasteiger partial charge in [0.05, 0.1) is 7.11 Å². The van der Waals surface area contributed by atoms with Gasteiger partial charge in [-0.2, -0.15) is 11.8 Å². The van der Waals surface area contributed by atoms with Gasteiger partial charge in [0, 0.05) is 43.7 Å². The van der Waals surface area contributed by atoms with E-state index in [2.05, 4.69) is 11.7 Å². The monoisotopic (exact) mass is 369 g/mol. The molecule has 25 heavy (non-hydrogen) atoms. The van der Waals surface area contributed by atoms with Crippen molar-refractivity contribution in [3.63, 3.8) is 0 Å². The summed E-state index contributed by atoms with van der Waals surface area (Å²) in [7, 11) is 1.40. The summed E-state index contributed by atoms with van der Waals surface area (Å²) in [6.45, 7) is 2.81. The van der Waals surface area contributed by atoms with Crippen LogP contribution in [0.1, 0.15) is 64.7 Å². The number of Topliss-reactive ketones (excluding diaryl/α,β-unsaturated/α-hetero) is 1. The number of methoxy groups -OCH3 is 1. The molecule has 0 aromatic rings. The van der Waals surface area contributed by atoms with E-state index in [4.69, 9.17) is 0 Å². The number of unbranched alkanes of at least 4 members (excludes halogenated alkanes) is 2. The van der Waals surface area contributed by atoms with Crippen molar-refractivity contribution in [3.8, 4) is 0 Å². The second-order valence-electron chi connectivity index (χ2n) is 6.23. The maximum Gasteiger partial charge on any atom is 0.305 e. The molecule has 1 rings (SSSR count). The van der Waals surface area contributed by atoms with E-state index in [9.17, 15) is 14.4 Å². The van der Waals surface area contributed by atoms with Crippen LogP contribution in [-0.2, 0) is 19.1 Å². The summed E-state index contributed by atoms with van der Waals surface area (Å²) >= 11 is 1.74. The molecule has 0 aliphatic carbocycles. The van der Waals surface area contributed by atoms with Crippen LogP contribution in [0.2, 0.25) is 0 Å². The number of esters is 1. The predicted molar refractivity (Wildman–Crippen MR) is 101 cm³/mol. The Hall–Kier alpha value is -1.30. The average Bonchev–Trinajstić information content (AvgIpc) is 2.96. The molecule has 6 heteroatoms. The minimum Gasteiger partial charge on any atom is -0.469 e. The highest BCUT2D eigenvalue weighted by Gasteiger charge is 2.24. The first kappa shape index (κ1) is 21.7. The molecular weight excluding hydrogens is 338 g/mol. The lowest BCUT2D eigenvalue weighted by Crippen LogP contribution is -2.26. The Morgan fingerprint density at radius 3 is 2.68 bits per heavy atom. The third-order valence-electron chi connectivity index (χ3n) is 4.22. The number of carbonyl (C=O) groups excluding carboxylic acids is 3. The summed E-state index contributed by atoms with van der Waals surface area (Å²) in [5, 5.41) is 0. The van der Waals surface area contributed by atoms with Gasteiger partial charge in [-0.05, 0) is 25.0 Å². The first-order valence-electron chi connectivity index (χ1n) is 9.24. The van der Waals surface area contributed by atoms with Crippen molar-refractivity contribution in [1.29, 1.82) is 0 Å². The fourth-order valence-electron chi connectivity index (χ4n) is 2.73. The van der Waals surface area contributed by atoms with E-state index in [0.717, 1.165) is 49.3 Å². The topological polar surface area (TPSA) is 63.7 Å². The van der Waals surface area contributed by atoms with Crippen molar-refractivity contribution in [2.45, 2.75) is 64.7 Å². The normalized spacial score (nSPS) is 15.8. The standard InChI is InChI=1S/C19H31NO4S/c1-3-4-5-7-17(21)11-9-16-10-12-18(22)20(16)13-15-25-14-6-8-19(23)24-2/h9H,3-8,10-15H2,1-2H3. The third kappa shape index (κ3) is 9.10. The lowest BCUT2D eigenvalue weighted by molar-refractivity contribution is -0.140. The summed E-state index contributed by atoms with van der Waals surface area (Å²) in [6, 6.07) is 0. The molecule has 0 spiro atoms. The minimum atomic E-state index is -0.177. The molecule has 0 aromatic heterocycles. The average molecular weight is 370 g/mol. The molecule has 1 fully saturated rings. The lowest BCUT2D eigenvalue weighted by atomic mass is 10.1. The second kappa shape index (κ2) is 13.0. The fraction of sp³-hybridized carbons (Fsp3) is 0.737. The SMILES string of the molecule is CCCCCC(=O)CC=C1CCC(=O)N1CCSCCCC(=O)OC. The van der Waals surface area contributed by atoms with E-state index in [1.54, 1.807) is 11.8 Å². The highest BCUT2D eigenvalue weighted by molar-refractivity contribution is 7.99. The molecule has 0 bridgehead atoms. The highest BCUT2D eigenvalue weighted by Crippen LogP contribution is 2.23. The van der Waals surface area contributed by atoms with Gasteiger partial charge < -0.3 is 9.64 Å². The van der Waals surface area contributed by atoms with E-state index < -0.39 is 0 Å².